The summed E-state index contributed by atoms with van der Waals surface area (Å²) in [6.45, 7) is 4.05. The summed E-state index contributed by atoms with van der Waals surface area (Å²) in [6.07, 6.45) is 0. The Kier molecular flexibility index (Phi) is 6.54. The number of methoxy groups -OCH3 is 1. The molecular formula is C23H24N2O4S. The Morgan fingerprint density at radius 3 is 2.37 bits per heavy atom. The lowest BCUT2D eigenvalue weighted by atomic mass is 10.1. The lowest BCUT2D eigenvalue weighted by molar-refractivity contribution is 0.102. The fourth-order valence-electron chi connectivity index (χ4n) is 2.97. The van der Waals surface area contributed by atoms with E-state index in [0.717, 1.165) is 11.1 Å². The smallest absolute Gasteiger partial charge is 0.262 e. The second-order valence-electron chi connectivity index (χ2n) is 7.04. The largest absolute Gasteiger partial charge is 0.380 e. The van der Waals surface area contributed by atoms with E-state index in [1.165, 1.54) is 6.07 Å². The van der Waals surface area contributed by atoms with Gasteiger partial charge >= 0.3 is 0 Å². The van der Waals surface area contributed by atoms with Crippen LogP contribution in [-0.2, 0) is 21.4 Å². The first-order valence-electron chi connectivity index (χ1n) is 9.38. The van der Waals surface area contributed by atoms with E-state index in [1.807, 2.05) is 37.3 Å². The van der Waals surface area contributed by atoms with Crippen LogP contribution in [0.1, 0.15) is 27.0 Å². The van der Waals surface area contributed by atoms with Crippen LogP contribution in [0.4, 0.5) is 11.4 Å². The van der Waals surface area contributed by atoms with Crippen molar-refractivity contribution in [2.24, 2.45) is 0 Å². The summed E-state index contributed by atoms with van der Waals surface area (Å²) in [5.74, 6) is -0.392. The Balaban J connectivity index is 1.84. The van der Waals surface area contributed by atoms with E-state index < -0.39 is 15.9 Å². The molecule has 0 unspecified atom stereocenters. The number of carbonyl (C=O) groups is 1. The summed E-state index contributed by atoms with van der Waals surface area (Å²) < 4.78 is 33.5. The van der Waals surface area contributed by atoms with Crippen molar-refractivity contribution in [1.82, 2.24) is 0 Å². The number of ether oxygens (including phenoxy) is 1. The molecule has 6 nitrogen and oxygen atoms in total. The van der Waals surface area contributed by atoms with Gasteiger partial charge in [-0.1, -0.05) is 35.9 Å². The van der Waals surface area contributed by atoms with Crippen LogP contribution in [0.5, 0.6) is 0 Å². The SMILES string of the molecule is COCc1cccc(NC(=O)c2ccc(C)c(S(=O)(=O)Nc3ccc(C)cc3)c2)c1. The number of aryl methyl sites for hydroxylation is 2. The average molecular weight is 425 g/mol. The lowest BCUT2D eigenvalue weighted by Gasteiger charge is -2.13. The van der Waals surface area contributed by atoms with Gasteiger partial charge in [-0.05, 0) is 61.4 Å². The molecule has 2 N–H and O–H groups in total. The Bertz CT molecular complexity index is 1160. The maximum Gasteiger partial charge on any atom is 0.262 e. The van der Waals surface area contributed by atoms with Crippen molar-refractivity contribution < 1.29 is 17.9 Å². The molecule has 0 aromatic heterocycles. The lowest BCUT2D eigenvalue weighted by Crippen LogP contribution is -2.17. The second-order valence-corrected chi connectivity index (χ2v) is 8.69. The Hall–Kier alpha value is -3.16. The molecule has 3 aromatic rings. The fourth-order valence-corrected chi connectivity index (χ4v) is 4.30. The minimum Gasteiger partial charge on any atom is -0.380 e. The molecule has 3 aromatic carbocycles. The number of amides is 1. The highest BCUT2D eigenvalue weighted by molar-refractivity contribution is 7.92. The molecule has 0 spiro atoms. The zero-order valence-corrected chi connectivity index (χ0v) is 17.9. The van der Waals surface area contributed by atoms with Gasteiger partial charge in [0.25, 0.3) is 15.9 Å². The van der Waals surface area contributed by atoms with Gasteiger partial charge in [-0.2, -0.15) is 0 Å². The summed E-state index contributed by atoms with van der Waals surface area (Å²) in [4.78, 5) is 12.8. The van der Waals surface area contributed by atoms with E-state index >= 15 is 0 Å². The van der Waals surface area contributed by atoms with Crippen LogP contribution in [-0.4, -0.2) is 21.4 Å². The second kappa shape index (κ2) is 9.11. The van der Waals surface area contributed by atoms with Gasteiger partial charge in [0.1, 0.15) is 0 Å². The summed E-state index contributed by atoms with van der Waals surface area (Å²) in [5.41, 5.74) is 3.82. The molecule has 0 bridgehead atoms. The molecule has 0 aliphatic carbocycles. The van der Waals surface area contributed by atoms with Crippen molar-refractivity contribution in [3.63, 3.8) is 0 Å². The summed E-state index contributed by atoms with van der Waals surface area (Å²) in [5, 5.41) is 2.80. The van der Waals surface area contributed by atoms with Crippen molar-refractivity contribution in [2.75, 3.05) is 17.1 Å². The van der Waals surface area contributed by atoms with Gasteiger partial charge in [-0.3, -0.25) is 9.52 Å². The van der Waals surface area contributed by atoms with Crippen LogP contribution >= 0.6 is 0 Å². The molecule has 0 saturated heterocycles. The minimum absolute atomic E-state index is 0.0591. The van der Waals surface area contributed by atoms with E-state index in [9.17, 15) is 13.2 Å². The van der Waals surface area contributed by atoms with E-state index in [-0.39, 0.29) is 10.5 Å². The average Bonchev–Trinajstić information content (AvgIpc) is 2.70. The molecule has 0 aliphatic rings. The number of rotatable bonds is 7. The van der Waals surface area contributed by atoms with Crippen LogP contribution in [0, 0.1) is 13.8 Å². The standard InChI is InChI=1S/C23H24N2O4S/c1-16-7-11-20(12-8-16)25-30(27,28)22-14-19(10-9-17(22)2)23(26)24-21-6-4-5-18(13-21)15-29-3/h4-14,25H,15H2,1-3H3,(H,24,26). The summed E-state index contributed by atoms with van der Waals surface area (Å²) in [7, 11) is -2.24. The van der Waals surface area contributed by atoms with Gasteiger partial charge in [0.15, 0.2) is 0 Å². The number of sulfonamides is 1. The maximum atomic E-state index is 12.9. The van der Waals surface area contributed by atoms with Crippen molar-refractivity contribution in [2.45, 2.75) is 25.3 Å². The van der Waals surface area contributed by atoms with Crippen molar-refractivity contribution >= 4 is 27.3 Å². The number of benzene rings is 3. The van der Waals surface area contributed by atoms with Crippen molar-refractivity contribution in [1.29, 1.82) is 0 Å². The highest BCUT2D eigenvalue weighted by atomic mass is 32.2. The Morgan fingerprint density at radius 2 is 1.67 bits per heavy atom. The summed E-state index contributed by atoms with van der Waals surface area (Å²) >= 11 is 0. The molecule has 0 aliphatic heterocycles. The minimum atomic E-state index is -3.85. The van der Waals surface area contributed by atoms with Gasteiger partial charge in [-0.15, -0.1) is 0 Å². The third-order valence-corrected chi connectivity index (χ3v) is 6.06. The molecule has 0 radical (unpaired) electrons. The zero-order chi connectivity index (χ0) is 21.7. The Labute approximate surface area is 177 Å². The molecule has 0 heterocycles. The summed E-state index contributed by atoms with van der Waals surface area (Å²) in [6, 6.07) is 19.0. The molecule has 0 atom stereocenters. The third kappa shape index (κ3) is 5.25. The highest BCUT2D eigenvalue weighted by Gasteiger charge is 2.19. The molecular weight excluding hydrogens is 400 g/mol. The van der Waals surface area contributed by atoms with Crippen LogP contribution in [0.3, 0.4) is 0 Å². The molecule has 30 heavy (non-hydrogen) atoms. The normalized spacial score (nSPS) is 11.2. The first-order chi connectivity index (χ1) is 14.3. The molecule has 3 rings (SSSR count). The van der Waals surface area contributed by atoms with E-state index in [0.29, 0.717) is 23.5 Å². The van der Waals surface area contributed by atoms with E-state index in [4.69, 9.17) is 4.74 Å². The molecule has 156 valence electrons. The number of hydrogen-bond donors (Lipinski definition) is 2. The maximum absolute atomic E-state index is 12.9. The molecule has 0 fully saturated rings. The fraction of sp³-hybridized carbons (Fsp3) is 0.174. The molecule has 7 heteroatoms. The molecule has 1 amide bonds. The first-order valence-corrected chi connectivity index (χ1v) is 10.9. The molecule has 0 saturated carbocycles. The number of nitrogens with one attached hydrogen (secondary N) is 2. The van der Waals surface area contributed by atoms with E-state index in [2.05, 4.69) is 10.0 Å². The van der Waals surface area contributed by atoms with Gasteiger partial charge in [0.05, 0.1) is 11.5 Å². The van der Waals surface area contributed by atoms with Crippen molar-refractivity contribution in [3.8, 4) is 0 Å². The first kappa shape index (κ1) is 21.5. The van der Waals surface area contributed by atoms with Crippen LogP contribution in [0.15, 0.2) is 71.6 Å². The van der Waals surface area contributed by atoms with Crippen LogP contribution in [0.2, 0.25) is 0 Å². The van der Waals surface area contributed by atoms with Crippen molar-refractivity contribution in [3.05, 3.63) is 89.0 Å². The van der Waals surface area contributed by atoms with Gasteiger partial charge in [0, 0.05) is 24.0 Å². The number of hydrogen-bond acceptors (Lipinski definition) is 4. The van der Waals surface area contributed by atoms with Crippen LogP contribution in [0.25, 0.3) is 0 Å². The predicted molar refractivity (Wildman–Crippen MR) is 118 cm³/mol. The predicted octanol–water partition coefficient (Wildman–Crippen LogP) is 4.50. The zero-order valence-electron chi connectivity index (χ0n) is 17.1. The van der Waals surface area contributed by atoms with E-state index in [1.54, 1.807) is 44.4 Å². The highest BCUT2D eigenvalue weighted by Crippen LogP contribution is 2.22. The van der Waals surface area contributed by atoms with Gasteiger partial charge in [-0.25, -0.2) is 8.42 Å². The van der Waals surface area contributed by atoms with Gasteiger partial charge < -0.3 is 10.1 Å². The van der Waals surface area contributed by atoms with Crippen LogP contribution < -0.4 is 10.0 Å². The topological polar surface area (TPSA) is 84.5 Å². The Morgan fingerprint density at radius 1 is 0.933 bits per heavy atom. The third-order valence-electron chi connectivity index (χ3n) is 4.54. The van der Waals surface area contributed by atoms with Gasteiger partial charge in [0.2, 0.25) is 0 Å². The monoisotopic (exact) mass is 424 g/mol. The number of anilines is 2. The quantitative estimate of drug-likeness (QED) is 0.585. The number of carbonyl (C=O) groups excluding carboxylic acids is 1.